The SMILES string of the molecule is CCC(C)CCCCCCCCCCCCCCCCCCCCC(=O)OC[C@@H](COC(=O)CCCCCCCCCCCCCCCCCC(C)C)OC(=O)CCCCCCCCCCCCCCCCCCCCC(C)CC. The Morgan fingerprint density at radius 2 is 0.438 bits per heavy atom. The quantitative estimate of drug-likeness (QED) is 0.0343. The van der Waals surface area contributed by atoms with Gasteiger partial charge in [0.1, 0.15) is 13.2 Å². The van der Waals surface area contributed by atoms with E-state index in [1.165, 1.54) is 302 Å². The Bertz CT molecular complexity index is 1250. The van der Waals surface area contributed by atoms with Crippen LogP contribution in [0.5, 0.6) is 0 Å². The number of esters is 3. The number of carbonyl (C=O) groups excluding carboxylic acids is 3. The Morgan fingerprint density at radius 3 is 0.650 bits per heavy atom. The molecule has 0 radical (unpaired) electrons. The number of hydrogen-bond donors (Lipinski definition) is 0. The highest BCUT2D eigenvalue weighted by atomic mass is 16.6. The Morgan fingerprint density at radius 1 is 0.250 bits per heavy atom. The van der Waals surface area contributed by atoms with Crippen molar-refractivity contribution in [2.24, 2.45) is 17.8 Å². The maximum atomic E-state index is 13.0. The molecule has 0 aliphatic carbocycles. The second kappa shape index (κ2) is 65.0. The van der Waals surface area contributed by atoms with Gasteiger partial charge in [-0.1, -0.05) is 382 Å². The number of unbranched alkanes of at least 4 members (excludes halogenated alkanes) is 48. The maximum Gasteiger partial charge on any atom is 0.306 e. The first-order valence-corrected chi connectivity index (χ1v) is 36.7. The topological polar surface area (TPSA) is 78.9 Å². The van der Waals surface area contributed by atoms with Crippen LogP contribution in [-0.2, 0) is 28.6 Å². The molecule has 0 aromatic heterocycles. The Labute approximate surface area is 501 Å². The van der Waals surface area contributed by atoms with E-state index >= 15 is 0 Å². The van der Waals surface area contributed by atoms with Crippen molar-refractivity contribution < 1.29 is 28.6 Å². The molecule has 6 nitrogen and oxygen atoms in total. The molecule has 0 N–H and O–H groups in total. The molecular formula is C74H144O6. The summed E-state index contributed by atoms with van der Waals surface area (Å²) in [6.45, 7) is 13.9. The summed E-state index contributed by atoms with van der Waals surface area (Å²) in [4.78, 5) is 38.5. The minimum absolute atomic E-state index is 0.0615. The summed E-state index contributed by atoms with van der Waals surface area (Å²) in [7, 11) is 0. The van der Waals surface area contributed by atoms with Gasteiger partial charge in [-0.3, -0.25) is 14.4 Å². The fourth-order valence-corrected chi connectivity index (χ4v) is 11.6. The van der Waals surface area contributed by atoms with Crippen molar-refractivity contribution in [1.29, 1.82) is 0 Å². The Kier molecular flexibility index (Phi) is 63.7. The van der Waals surface area contributed by atoms with Crippen molar-refractivity contribution in [3.8, 4) is 0 Å². The number of rotatable bonds is 67. The van der Waals surface area contributed by atoms with E-state index in [1.807, 2.05) is 0 Å². The molecular weight excluding hydrogens is 985 g/mol. The third-order valence-electron chi connectivity index (χ3n) is 17.9. The zero-order chi connectivity index (χ0) is 58.3. The highest BCUT2D eigenvalue weighted by Crippen LogP contribution is 2.21. The minimum atomic E-state index is -0.766. The third-order valence-corrected chi connectivity index (χ3v) is 17.9. The Balaban J connectivity index is 4.28. The van der Waals surface area contributed by atoms with Crippen LogP contribution in [0.15, 0.2) is 0 Å². The van der Waals surface area contributed by atoms with E-state index < -0.39 is 6.10 Å². The summed E-state index contributed by atoms with van der Waals surface area (Å²) >= 11 is 0. The molecule has 0 heterocycles. The van der Waals surface area contributed by atoms with Gasteiger partial charge >= 0.3 is 17.9 Å². The van der Waals surface area contributed by atoms with Crippen molar-refractivity contribution in [3.63, 3.8) is 0 Å². The fourth-order valence-electron chi connectivity index (χ4n) is 11.6. The molecule has 0 aliphatic heterocycles. The zero-order valence-corrected chi connectivity index (χ0v) is 55.4. The van der Waals surface area contributed by atoms with Gasteiger partial charge in [0, 0.05) is 19.3 Å². The Hall–Kier alpha value is -1.59. The van der Waals surface area contributed by atoms with Crippen LogP contribution < -0.4 is 0 Å². The van der Waals surface area contributed by atoms with Crippen LogP contribution in [0.1, 0.15) is 420 Å². The molecule has 0 aromatic carbocycles. The average Bonchev–Trinajstić information content (AvgIpc) is 3.45. The van der Waals surface area contributed by atoms with Crippen LogP contribution in [0.4, 0.5) is 0 Å². The van der Waals surface area contributed by atoms with Gasteiger partial charge in [-0.15, -0.1) is 0 Å². The molecule has 0 fully saturated rings. The van der Waals surface area contributed by atoms with Gasteiger partial charge in [-0.2, -0.15) is 0 Å². The van der Waals surface area contributed by atoms with Gasteiger partial charge in [0.25, 0.3) is 0 Å². The van der Waals surface area contributed by atoms with Crippen LogP contribution >= 0.6 is 0 Å². The largest absolute Gasteiger partial charge is 0.462 e. The average molecular weight is 1130 g/mol. The predicted molar refractivity (Wildman–Crippen MR) is 349 cm³/mol. The van der Waals surface area contributed by atoms with E-state index in [4.69, 9.17) is 14.2 Å². The van der Waals surface area contributed by atoms with Crippen LogP contribution in [-0.4, -0.2) is 37.2 Å². The second-order valence-electron chi connectivity index (χ2n) is 26.5. The summed E-state index contributed by atoms with van der Waals surface area (Å²) in [5.41, 5.74) is 0. The van der Waals surface area contributed by atoms with Crippen LogP contribution in [0, 0.1) is 17.8 Å². The third kappa shape index (κ3) is 64.0. The van der Waals surface area contributed by atoms with Crippen molar-refractivity contribution in [2.45, 2.75) is 426 Å². The van der Waals surface area contributed by atoms with Crippen molar-refractivity contribution in [3.05, 3.63) is 0 Å². The maximum absolute atomic E-state index is 13.0. The highest BCUT2D eigenvalue weighted by Gasteiger charge is 2.20. The first-order chi connectivity index (χ1) is 39.2. The number of hydrogen-bond acceptors (Lipinski definition) is 6. The summed E-state index contributed by atoms with van der Waals surface area (Å²) in [5.74, 6) is 1.84. The van der Waals surface area contributed by atoms with E-state index in [0.29, 0.717) is 19.3 Å². The number of carbonyl (C=O) groups is 3. The summed E-state index contributed by atoms with van der Waals surface area (Å²) < 4.78 is 17.1. The smallest absolute Gasteiger partial charge is 0.306 e. The second-order valence-corrected chi connectivity index (χ2v) is 26.5. The van der Waals surface area contributed by atoms with Gasteiger partial charge in [0.05, 0.1) is 0 Å². The van der Waals surface area contributed by atoms with Gasteiger partial charge in [-0.25, -0.2) is 0 Å². The predicted octanol–water partition coefficient (Wildman–Crippen LogP) is 25.0. The van der Waals surface area contributed by atoms with E-state index in [2.05, 4.69) is 41.5 Å². The molecule has 0 saturated carbocycles. The molecule has 3 atom stereocenters. The van der Waals surface area contributed by atoms with Gasteiger partial charge in [0.15, 0.2) is 6.10 Å². The number of ether oxygens (including phenoxy) is 3. The normalized spacial score (nSPS) is 12.8. The van der Waals surface area contributed by atoms with Gasteiger partial charge in [0.2, 0.25) is 0 Å². The molecule has 476 valence electrons. The monoisotopic (exact) mass is 1130 g/mol. The van der Waals surface area contributed by atoms with Gasteiger partial charge in [-0.05, 0) is 37.0 Å². The summed E-state index contributed by atoms with van der Waals surface area (Å²) in [6, 6.07) is 0. The van der Waals surface area contributed by atoms with Gasteiger partial charge < -0.3 is 14.2 Å². The van der Waals surface area contributed by atoms with E-state index in [0.717, 1.165) is 75.5 Å². The van der Waals surface area contributed by atoms with Crippen LogP contribution in [0.3, 0.4) is 0 Å². The van der Waals surface area contributed by atoms with Crippen LogP contribution in [0.2, 0.25) is 0 Å². The lowest BCUT2D eigenvalue weighted by molar-refractivity contribution is -0.167. The molecule has 0 spiro atoms. The first-order valence-electron chi connectivity index (χ1n) is 36.7. The summed E-state index contributed by atoms with van der Waals surface area (Å²) in [6.07, 6.45) is 74.0. The molecule has 0 aromatic rings. The van der Waals surface area contributed by atoms with E-state index in [-0.39, 0.29) is 31.1 Å². The highest BCUT2D eigenvalue weighted by molar-refractivity contribution is 5.71. The van der Waals surface area contributed by atoms with E-state index in [9.17, 15) is 14.4 Å². The van der Waals surface area contributed by atoms with E-state index in [1.54, 1.807) is 0 Å². The molecule has 2 unspecified atom stereocenters. The van der Waals surface area contributed by atoms with Crippen molar-refractivity contribution in [2.75, 3.05) is 13.2 Å². The first kappa shape index (κ1) is 78.4. The molecule has 6 heteroatoms. The van der Waals surface area contributed by atoms with Crippen molar-refractivity contribution in [1.82, 2.24) is 0 Å². The standard InChI is InChI=1S/C74H144O6/c1-7-69(5)61-55-49-43-37-31-25-19-13-9-11-15-21-27-33-39-45-51-57-63-72(75)78-66-71(67-79-73(76)64-58-52-46-40-34-28-23-17-18-24-30-36-42-48-54-60-68(3)4)80-74(77)65-59-53-47-41-35-29-22-16-12-10-14-20-26-32-38-44-50-56-62-70(6)8-2/h68-71H,7-67H2,1-6H3/t69?,70?,71-/m0/s1. The van der Waals surface area contributed by atoms with Crippen molar-refractivity contribution >= 4 is 17.9 Å². The lowest BCUT2D eigenvalue weighted by Crippen LogP contribution is -2.30. The zero-order valence-electron chi connectivity index (χ0n) is 55.4. The fraction of sp³-hybridized carbons (Fsp3) is 0.959. The molecule has 0 rings (SSSR count). The molecule has 80 heavy (non-hydrogen) atoms. The molecule has 0 bridgehead atoms. The van der Waals surface area contributed by atoms with Crippen LogP contribution in [0.25, 0.3) is 0 Å². The lowest BCUT2D eigenvalue weighted by atomic mass is 9.99. The lowest BCUT2D eigenvalue weighted by Gasteiger charge is -2.18. The molecule has 0 saturated heterocycles. The minimum Gasteiger partial charge on any atom is -0.462 e. The summed E-state index contributed by atoms with van der Waals surface area (Å²) in [5, 5.41) is 0. The molecule has 0 aliphatic rings. The molecule has 0 amide bonds.